The Morgan fingerprint density at radius 2 is 1.90 bits per heavy atom. The molecule has 1 aliphatic rings. The fourth-order valence-corrected chi connectivity index (χ4v) is 2.50. The van der Waals surface area contributed by atoms with Gasteiger partial charge in [0.1, 0.15) is 6.61 Å². The molecule has 114 valence electrons. The highest BCUT2D eigenvalue weighted by molar-refractivity contribution is 5.70. The van der Waals surface area contributed by atoms with Crippen LogP contribution < -0.4 is 0 Å². The number of hydrogen-bond acceptors (Lipinski definition) is 3. The van der Waals surface area contributed by atoms with Gasteiger partial charge >= 0.3 is 12.1 Å². The third-order valence-corrected chi connectivity index (χ3v) is 3.79. The number of amides is 1. The molecule has 1 heterocycles. The lowest BCUT2D eigenvalue weighted by Crippen LogP contribution is -2.36. The topological polar surface area (TPSA) is 66.8 Å². The van der Waals surface area contributed by atoms with Crippen molar-refractivity contribution in [1.29, 1.82) is 0 Å². The van der Waals surface area contributed by atoms with Crippen molar-refractivity contribution >= 4 is 12.1 Å². The minimum Gasteiger partial charge on any atom is -0.481 e. The van der Waals surface area contributed by atoms with Crippen LogP contribution in [0.1, 0.15) is 31.2 Å². The van der Waals surface area contributed by atoms with Gasteiger partial charge in [-0.25, -0.2) is 4.79 Å². The van der Waals surface area contributed by atoms with E-state index in [4.69, 9.17) is 9.84 Å². The summed E-state index contributed by atoms with van der Waals surface area (Å²) in [7, 11) is 0. The highest BCUT2D eigenvalue weighted by Gasteiger charge is 2.23. The molecule has 0 radical (unpaired) electrons. The second-order valence-corrected chi connectivity index (χ2v) is 5.35. The predicted octanol–water partition coefficient (Wildman–Crippen LogP) is 2.90. The number of ether oxygens (including phenoxy) is 1. The number of carbonyl (C=O) groups excluding carboxylic acids is 1. The Morgan fingerprint density at radius 3 is 2.62 bits per heavy atom. The van der Waals surface area contributed by atoms with Crippen molar-refractivity contribution in [3.63, 3.8) is 0 Å². The number of carboxylic acids is 1. The maximum atomic E-state index is 12.1. The van der Waals surface area contributed by atoms with Crippen LogP contribution in [0.3, 0.4) is 0 Å². The molecule has 21 heavy (non-hydrogen) atoms. The first-order chi connectivity index (χ1) is 10.2. The molecule has 0 saturated carbocycles. The van der Waals surface area contributed by atoms with Crippen LogP contribution in [0.4, 0.5) is 4.79 Å². The van der Waals surface area contributed by atoms with Gasteiger partial charge in [0.25, 0.3) is 0 Å². The minimum atomic E-state index is -0.769. The standard InChI is InChI=1S/C16H21NO4/c18-15(19)14-8-4-5-10-17(11-9-14)16(20)21-12-13-6-2-1-3-7-13/h1-3,6-7,14H,4-5,8-12H2,(H,18,19). The smallest absolute Gasteiger partial charge is 0.410 e. The quantitative estimate of drug-likeness (QED) is 0.930. The molecule has 1 aliphatic heterocycles. The summed E-state index contributed by atoms with van der Waals surface area (Å²) in [5.74, 6) is -1.12. The molecule has 1 aromatic carbocycles. The van der Waals surface area contributed by atoms with Crippen LogP contribution in [0.15, 0.2) is 30.3 Å². The SMILES string of the molecule is O=C(O)C1CCCCN(C(=O)OCc2ccccc2)CC1. The molecular weight excluding hydrogens is 270 g/mol. The number of rotatable bonds is 3. The molecular formula is C16H21NO4. The third kappa shape index (κ3) is 4.77. The molecule has 0 spiro atoms. The summed E-state index contributed by atoms with van der Waals surface area (Å²) in [5.41, 5.74) is 0.946. The Balaban J connectivity index is 1.84. The molecule has 2 rings (SSSR count). The van der Waals surface area contributed by atoms with E-state index in [0.29, 0.717) is 25.9 Å². The lowest BCUT2D eigenvalue weighted by atomic mass is 9.96. The molecule has 0 aliphatic carbocycles. The van der Waals surface area contributed by atoms with Gasteiger partial charge in [0.05, 0.1) is 5.92 Å². The van der Waals surface area contributed by atoms with E-state index in [2.05, 4.69) is 0 Å². The van der Waals surface area contributed by atoms with E-state index < -0.39 is 5.97 Å². The molecule has 5 nitrogen and oxygen atoms in total. The number of hydrogen-bond donors (Lipinski definition) is 1. The maximum absolute atomic E-state index is 12.1. The Kier molecular flexibility index (Phi) is 5.60. The van der Waals surface area contributed by atoms with Crippen LogP contribution in [0, 0.1) is 5.92 Å². The van der Waals surface area contributed by atoms with Crippen molar-refractivity contribution in [2.24, 2.45) is 5.92 Å². The molecule has 5 heteroatoms. The predicted molar refractivity (Wildman–Crippen MR) is 77.8 cm³/mol. The molecule has 1 atom stereocenters. The fraction of sp³-hybridized carbons (Fsp3) is 0.500. The summed E-state index contributed by atoms with van der Waals surface area (Å²) in [6.45, 7) is 1.34. The van der Waals surface area contributed by atoms with E-state index in [9.17, 15) is 9.59 Å². The van der Waals surface area contributed by atoms with Crippen molar-refractivity contribution in [1.82, 2.24) is 4.90 Å². The van der Waals surface area contributed by atoms with Gasteiger partial charge in [0.15, 0.2) is 0 Å². The van der Waals surface area contributed by atoms with Crippen molar-refractivity contribution in [2.45, 2.75) is 32.3 Å². The molecule has 0 bridgehead atoms. The zero-order valence-corrected chi connectivity index (χ0v) is 12.0. The van der Waals surface area contributed by atoms with E-state index >= 15 is 0 Å². The van der Waals surface area contributed by atoms with Crippen molar-refractivity contribution in [3.05, 3.63) is 35.9 Å². The maximum Gasteiger partial charge on any atom is 0.410 e. The molecule has 1 unspecified atom stereocenters. The van der Waals surface area contributed by atoms with Gasteiger partial charge in [-0.05, 0) is 24.8 Å². The fourth-order valence-electron chi connectivity index (χ4n) is 2.50. The summed E-state index contributed by atoms with van der Waals surface area (Å²) < 4.78 is 5.30. The summed E-state index contributed by atoms with van der Waals surface area (Å²) in [6, 6.07) is 9.52. The normalized spacial score (nSPS) is 19.4. The largest absolute Gasteiger partial charge is 0.481 e. The van der Waals surface area contributed by atoms with E-state index in [0.717, 1.165) is 18.4 Å². The number of likely N-dealkylation sites (tertiary alicyclic amines) is 1. The second kappa shape index (κ2) is 7.67. The molecule has 1 aromatic rings. The van der Waals surface area contributed by atoms with Gasteiger partial charge in [-0.2, -0.15) is 0 Å². The summed E-state index contributed by atoms with van der Waals surface area (Å²) >= 11 is 0. The van der Waals surface area contributed by atoms with E-state index in [-0.39, 0.29) is 18.6 Å². The summed E-state index contributed by atoms with van der Waals surface area (Å²) in [4.78, 5) is 24.8. The highest BCUT2D eigenvalue weighted by atomic mass is 16.6. The van der Waals surface area contributed by atoms with Gasteiger partial charge in [-0.3, -0.25) is 4.79 Å². The summed E-state index contributed by atoms with van der Waals surface area (Å²) in [6.07, 6.45) is 2.49. The average Bonchev–Trinajstić information content (AvgIpc) is 2.45. The number of benzene rings is 1. The third-order valence-electron chi connectivity index (χ3n) is 3.79. The van der Waals surface area contributed by atoms with Crippen molar-refractivity contribution in [2.75, 3.05) is 13.1 Å². The van der Waals surface area contributed by atoms with E-state index in [1.165, 1.54) is 0 Å². The number of carbonyl (C=O) groups is 2. The van der Waals surface area contributed by atoms with Gasteiger partial charge in [-0.1, -0.05) is 36.8 Å². The first-order valence-corrected chi connectivity index (χ1v) is 7.35. The second-order valence-electron chi connectivity index (χ2n) is 5.35. The Bertz CT molecular complexity index is 474. The molecule has 0 aromatic heterocycles. The number of aliphatic carboxylic acids is 1. The van der Waals surface area contributed by atoms with Gasteiger partial charge in [0, 0.05) is 13.1 Å². The molecule has 1 saturated heterocycles. The Morgan fingerprint density at radius 1 is 1.14 bits per heavy atom. The van der Waals surface area contributed by atoms with Crippen LogP contribution >= 0.6 is 0 Å². The average molecular weight is 291 g/mol. The zero-order valence-electron chi connectivity index (χ0n) is 12.0. The minimum absolute atomic E-state index is 0.249. The molecule has 1 fully saturated rings. The first kappa shape index (κ1) is 15.4. The van der Waals surface area contributed by atoms with Crippen molar-refractivity contribution < 1.29 is 19.4 Å². The zero-order chi connectivity index (χ0) is 15.1. The van der Waals surface area contributed by atoms with E-state index in [1.807, 2.05) is 30.3 Å². The Labute approximate surface area is 124 Å². The number of carboxylic acid groups (broad SMARTS) is 1. The van der Waals surface area contributed by atoms with Crippen LogP contribution in [0.2, 0.25) is 0 Å². The lowest BCUT2D eigenvalue weighted by molar-refractivity contribution is -0.142. The van der Waals surface area contributed by atoms with Gasteiger partial charge in [0.2, 0.25) is 0 Å². The van der Waals surface area contributed by atoms with Gasteiger partial charge in [-0.15, -0.1) is 0 Å². The summed E-state index contributed by atoms with van der Waals surface area (Å²) in [5, 5.41) is 9.10. The molecule has 1 amide bonds. The lowest BCUT2D eigenvalue weighted by Gasteiger charge is -2.26. The highest BCUT2D eigenvalue weighted by Crippen LogP contribution is 2.18. The van der Waals surface area contributed by atoms with Gasteiger partial charge < -0.3 is 14.7 Å². The monoisotopic (exact) mass is 291 g/mol. The first-order valence-electron chi connectivity index (χ1n) is 7.35. The van der Waals surface area contributed by atoms with Crippen LogP contribution in [-0.2, 0) is 16.1 Å². The van der Waals surface area contributed by atoms with E-state index in [1.54, 1.807) is 4.90 Å². The van der Waals surface area contributed by atoms with Crippen LogP contribution in [-0.4, -0.2) is 35.2 Å². The van der Waals surface area contributed by atoms with Crippen molar-refractivity contribution in [3.8, 4) is 0 Å². The van der Waals surface area contributed by atoms with Crippen LogP contribution in [0.5, 0.6) is 0 Å². The number of nitrogens with zero attached hydrogens (tertiary/aromatic N) is 1. The van der Waals surface area contributed by atoms with Crippen LogP contribution in [0.25, 0.3) is 0 Å². The molecule has 1 N–H and O–H groups in total. The Hall–Kier alpha value is -2.04.